The maximum Gasteiger partial charge on any atom is 0.143 e. The van der Waals surface area contributed by atoms with Gasteiger partial charge in [-0.05, 0) is 109 Å². The predicted octanol–water partition coefficient (Wildman–Crippen LogP) is 13.8. The largest absolute Gasteiger partial charge is 0.455 e. The lowest BCUT2D eigenvalue weighted by atomic mass is 9.83. The van der Waals surface area contributed by atoms with Crippen molar-refractivity contribution in [2.45, 2.75) is 12.8 Å². The summed E-state index contributed by atoms with van der Waals surface area (Å²) in [6.07, 6.45) is 9.12. The van der Waals surface area contributed by atoms with E-state index in [-0.39, 0.29) is 0 Å². The van der Waals surface area contributed by atoms with E-state index in [0.29, 0.717) is 0 Å². The lowest BCUT2D eigenvalue weighted by molar-refractivity contribution is 0.673. The highest BCUT2D eigenvalue weighted by atomic mass is 16.3. The molecule has 230 valence electrons. The first-order chi connectivity index (χ1) is 24.3. The van der Waals surface area contributed by atoms with Crippen LogP contribution in [-0.2, 0) is 0 Å². The second-order valence-electron chi connectivity index (χ2n) is 13.1. The van der Waals surface area contributed by atoms with Crippen molar-refractivity contribution in [1.82, 2.24) is 0 Å². The van der Waals surface area contributed by atoms with E-state index in [1.165, 1.54) is 71.4 Å². The number of furan rings is 1. The van der Waals surface area contributed by atoms with E-state index in [1.54, 1.807) is 0 Å². The van der Waals surface area contributed by atoms with Gasteiger partial charge in [-0.3, -0.25) is 0 Å². The Morgan fingerprint density at radius 3 is 2.00 bits per heavy atom. The Morgan fingerprint density at radius 1 is 0.429 bits per heavy atom. The highest BCUT2D eigenvalue weighted by molar-refractivity contribution is 6.27. The summed E-state index contributed by atoms with van der Waals surface area (Å²) in [7, 11) is 0. The quantitative estimate of drug-likeness (QED) is 0.178. The van der Waals surface area contributed by atoms with Gasteiger partial charge >= 0.3 is 0 Å². The smallest absolute Gasteiger partial charge is 0.143 e. The molecule has 1 nitrogen and oxygen atoms in total. The molecule has 1 aromatic heterocycles. The van der Waals surface area contributed by atoms with Crippen LogP contribution >= 0.6 is 0 Å². The van der Waals surface area contributed by atoms with Gasteiger partial charge in [0.2, 0.25) is 0 Å². The van der Waals surface area contributed by atoms with Crippen LogP contribution in [-0.4, -0.2) is 0 Å². The molecule has 0 saturated carbocycles. The molecule has 9 aromatic rings. The predicted molar refractivity (Wildman–Crippen MR) is 209 cm³/mol. The first kappa shape index (κ1) is 27.9. The fourth-order valence-electron chi connectivity index (χ4n) is 8.03. The van der Waals surface area contributed by atoms with Crippen molar-refractivity contribution in [2.75, 3.05) is 0 Å². The van der Waals surface area contributed by atoms with E-state index in [4.69, 9.17) is 4.42 Å². The lowest BCUT2D eigenvalue weighted by Crippen LogP contribution is -1.94. The van der Waals surface area contributed by atoms with E-state index < -0.39 is 0 Å². The van der Waals surface area contributed by atoms with E-state index in [2.05, 4.69) is 170 Å². The molecule has 49 heavy (non-hydrogen) atoms. The molecule has 1 heteroatoms. The summed E-state index contributed by atoms with van der Waals surface area (Å²) in [6, 6.07) is 55.3. The highest BCUT2D eigenvalue weighted by Crippen LogP contribution is 2.48. The van der Waals surface area contributed by atoms with Gasteiger partial charge in [0.15, 0.2) is 0 Å². The SMILES string of the molecule is C1=CC(c2ccc3c(-c4cccc(-c5ccccc5)c4)c4ccccc4c(-c4cccc5oc6c7ccccc7ccc6c45)c3c2)=CCC1. The van der Waals surface area contributed by atoms with E-state index in [9.17, 15) is 0 Å². The van der Waals surface area contributed by atoms with Gasteiger partial charge in [-0.2, -0.15) is 0 Å². The molecule has 0 radical (unpaired) electrons. The van der Waals surface area contributed by atoms with Crippen molar-refractivity contribution >= 4 is 59.8 Å². The minimum Gasteiger partial charge on any atom is -0.455 e. The van der Waals surface area contributed by atoms with Crippen LogP contribution < -0.4 is 0 Å². The molecule has 1 aliphatic rings. The van der Waals surface area contributed by atoms with Crippen LogP contribution in [0.5, 0.6) is 0 Å². The van der Waals surface area contributed by atoms with E-state index in [1.807, 2.05) is 0 Å². The first-order valence-electron chi connectivity index (χ1n) is 17.2. The summed E-state index contributed by atoms with van der Waals surface area (Å²) < 4.78 is 6.70. The summed E-state index contributed by atoms with van der Waals surface area (Å²) in [4.78, 5) is 0. The van der Waals surface area contributed by atoms with Gasteiger partial charge < -0.3 is 4.42 Å². The molecule has 0 bridgehead atoms. The number of hydrogen-bond acceptors (Lipinski definition) is 1. The third-order valence-electron chi connectivity index (χ3n) is 10.3. The standard InChI is InChI=1S/C48H32O/c1-3-13-31(14-4-1)34-18-11-19-36(29-34)45-38-21-9-10-22-39(38)46(43-30-35(26-27-40(43)45)32-15-5-2-6-16-32)41-23-12-24-44-47(41)42-28-25-33-17-7-8-20-37(33)48(42)49-44/h1,3-5,7-30H,2,6H2. The third kappa shape index (κ3) is 4.47. The number of allylic oxidation sites excluding steroid dienone is 4. The fourth-order valence-corrected chi connectivity index (χ4v) is 8.03. The van der Waals surface area contributed by atoms with Gasteiger partial charge in [-0.15, -0.1) is 0 Å². The van der Waals surface area contributed by atoms with Crippen molar-refractivity contribution in [3.63, 3.8) is 0 Å². The maximum atomic E-state index is 6.70. The Hall–Kier alpha value is -6.18. The normalized spacial score (nSPS) is 13.2. The summed E-state index contributed by atoms with van der Waals surface area (Å²) in [5.41, 5.74) is 11.8. The fraction of sp³-hybridized carbons (Fsp3) is 0.0417. The third-order valence-corrected chi connectivity index (χ3v) is 10.3. The van der Waals surface area contributed by atoms with Crippen molar-refractivity contribution in [1.29, 1.82) is 0 Å². The average Bonchev–Trinajstić information content (AvgIpc) is 3.57. The second-order valence-corrected chi connectivity index (χ2v) is 13.1. The number of rotatable bonds is 4. The molecule has 10 rings (SSSR count). The van der Waals surface area contributed by atoms with Gasteiger partial charge in [0.05, 0.1) is 0 Å². The average molecular weight is 625 g/mol. The molecule has 0 spiro atoms. The number of benzene rings is 8. The van der Waals surface area contributed by atoms with Crippen molar-refractivity contribution in [2.24, 2.45) is 0 Å². The molecule has 0 amide bonds. The summed E-state index contributed by atoms with van der Waals surface area (Å²) >= 11 is 0. The molecule has 1 aliphatic carbocycles. The molecule has 0 atom stereocenters. The van der Waals surface area contributed by atoms with E-state index >= 15 is 0 Å². The van der Waals surface area contributed by atoms with Crippen LogP contribution in [0.2, 0.25) is 0 Å². The monoisotopic (exact) mass is 624 g/mol. The van der Waals surface area contributed by atoms with Crippen molar-refractivity contribution in [3.05, 3.63) is 175 Å². The molecular formula is C48H32O. The Balaban J connectivity index is 1.33. The minimum atomic E-state index is 0.912. The summed E-state index contributed by atoms with van der Waals surface area (Å²) in [6.45, 7) is 0. The molecule has 0 saturated heterocycles. The lowest BCUT2D eigenvalue weighted by Gasteiger charge is -2.20. The minimum absolute atomic E-state index is 0.912. The van der Waals surface area contributed by atoms with Crippen molar-refractivity contribution in [3.8, 4) is 33.4 Å². The molecule has 8 aromatic carbocycles. The van der Waals surface area contributed by atoms with E-state index in [0.717, 1.165) is 40.2 Å². The Labute approximate surface area is 285 Å². The zero-order valence-electron chi connectivity index (χ0n) is 27.0. The Bertz CT molecular complexity index is 2810. The van der Waals surface area contributed by atoms with Crippen LogP contribution in [0.25, 0.3) is 93.2 Å². The topological polar surface area (TPSA) is 13.1 Å². The number of hydrogen-bond donors (Lipinski definition) is 0. The Kier molecular flexibility index (Phi) is 6.38. The molecule has 0 unspecified atom stereocenters. The van der Waals surface area contributed by atoms with Gasteiger partial charge in [-0.1, -0.05) is 146 Å². The molecule has 0 fully saturated rings. The zero-order valence-corrected chi connectivity index (χ0v) is 27.0. The van der Waals surface area contributed by atoms with Crippen LogP contribution in [0.3, 0.4) is 0 Å². The van der Waals surface area contributed by atoms with Gasteiger partial charge in [0.25, 0.3) is 0 Å². The van der Waals surface area contributed by atoms with Crippen LogP contribution in [0, 0.1) is 0 Å². The van der Waals surface area contributed by atoms with Gasteiger partial charge in [0.1, 0.15) is 11.2 Å². The molecule has 1 heterocycles. The first-order valence-corrected chi connectivity index (χ1v) is 17.2. The molecule has 0 N–H and O–H groups in total. The van der Waals surface area contributed by atoms with Crippen LogP contribution in [0.1, 0.15) is 18.4 Å². The van der Waals surface area contributed by atoms with Crippen LogP contribution in [0.15, 0.2) is 174 Å². The van der Waals surface area contributed by atoms with Gasteiger partial charge in [-0.25, -0.2) is 0 Å². The number of fused-ring (bicyclic) bond motifs is 7. The molecule has 0 aliphatic heterocycles. The highest BCUT2D eigenvalue weighted by Gasteiger charge is 2.22. The van der Waals surface area contributed by atoms with Crippen LogP contribution in [0.4, 0.5) is 0 Å². The maximum absolute atomic E-state index is 6.70. The second kappa shape index (κ2) is 11.2. The summed E-state index contributed by atoms with van der Waals surface area (Å²) in [5, 5.41) is 9.62. The summed E-state index contributed by atoms with van der Waals surface area (Å²) in [5.74, 6) is 0. The van der Waals surface area contributed by atoms with Gasteiger partial charge in [0, 0.05) is 16.2 Å². The Morgan fingerprint density at radius 2 is 1.14 bits per heavy atom. The van der Waals surface area contributed by atoms with Crippen molar-refractivity contribution < 1.29 is 4.42 Å². The molecular weight excluding hydrogens is 593 g/mol. The zero-order chi connectivity index (χ0) is 32.3.